The number of fused-ring (bicyclic) bond motifs is 1. The largest absolute Gasteiger partial charge is 0.418 e. The Hall–Kier alpha value is -3.28. The summed E-state index contributed by atoms with van der Waals surface area (Å²) in [6, 6.07) is 5.84. The standard InChI is InChI=1S/C21H9ClF9N3/c22-14-6-9(16-12(20(26,27)28)2-1-5-32-16)3-4-11(14)18-33-15-8-10(19(23,24)25)7-13(17(15)34-18)21(29,30)31/h1-8H,(H,33,34). The van der Waals surface area contributed by atoms with Gasteiger partial charge in [0, 0.05) is 17.3 Å². The molecule has 178 valence electrons. The molecule has 0 aliphatic carbocycles. The zero-order valence-electron chi connectivity index (χ0n) is 16.3. The Morgan fingerprint density at radius 2 is 1.44 bits per heavy atom. The van der Waals surface area contributed by atoms with E-state index in [-0.39, 0.29) is 28.0 Å². The van der Waals surface area contributed by atoms with Gasteiger partial charge in [-0.1, -0.05) is 17.7 Å². The number of hydrogen-bond donors (Lipinski definition) is 1. The summed E-state index contributed by atoms with van der Waals surface area (Å²) >= 11 is 6.17. The minimum absolute atomic E-state index is 0.0341. The Bertz CT molecular complexity index is 1390. The average Bonchev–Trinajstić information content (AvgIpc) is 3.14. The second kappa shape index (κ2) is 7.90. The SMILES string of the molecule is FC(F)(F)c1cc(C(F)(F)F)c2nc(-c3ccc(-c4ncccc4C(F)(F)F)cc3Cl)[nH]c2c1. The predicted molar refractivity (Wildman–Crippen MR) is 105 cm³/mol. The lowest BCUT2D eigenvalue weighted by atomic mass is 10.0. The summed E-state index contributed by atoms with van der Waals surface area (Å²) in [6.07, 6.45) is -13.7. The van der Waals surface area contributed by atoms with E-state index in [4.69, 9.17) is 11.6 Å². The molecule has 34 heavy (non-hydrogen) atoms. The van der Waals surface area contributed by atoms with Crippen molar-refractivity contribution in [2.24, 2.45) is 0 Å². The number of nitrogens with one attached hydrogen (secondary N) is 1. The van der Waals surface area contributed by atoms with Crippen LogP contribution in [-0.2, 0) is 18.5 Å². The van der Waals surface area contributed by atoms with E-state index in [0.29, 0.717) is 6.07 Å². The van der Waals surface area contributed by atoms with Crippen LogP contribution in [0.3, 0.4) is 0 Å². The first-order valence-corrected chi connectivity index (χ1v) is 9.54. The molecule has 0 fully saturated rings. The molecule has 2 aromatic carbocycles. The molecule has 0 saturated heterocycles. The lowest BCUT2D eigenvalue weighted by molar-refractivity contribution is -0.142. The number of H-pyrrole nitrogens is 1. The quantitative estimate of drug-likeness (QED) is 0.278. The third-order valence-corrected chi connectivity index (χ3v) is 5.14. The minimum Gasteiger partial charge on any atom is -0.338 e. The number of aromatic amines is 1. The van der Waals surface area contributed by atoms with Crippen LogP contribution < -0.4 is 0 Å². The number of halogens is 10. The molecule has 2 heterocycles. The van der Waals surface area contributed by atoms with Crippen molar-refractivity contribution in [3.05, 3.63) is 70.4 Å². The van der Waals surface area contributed by atoms with Crippen molar-refractivity contribution in [2.75, 3.05) is 0 Å². The highest BCUT2D eigenvalue weighted by molar-refractivity contribution is 6.33. The molecule has 2 aromatic heterocycles. The van der Waals surface area contributed by atoms with E-state index in [9.17, 15) is 39.5 Å². The summed E-state index contributed by atoms with van der Waals surface area (Å²) in [4.78, 5) is 9.88. The van der Waals surface area contributed by atoms with Gasteiger partial charge in [-0.25, -0.2) is 4.98 Å². The lowest BCUT2D eigenvalue weighted by Gasteiger charge is -2.12. The van der Waals surface area contributed by atoms with E-state index in [1.165, 1.54) is 12.1 Å². The fourth-order valence-electron chi connectivity index (χ4n) is 3.34. The zero-order chi connectivity index (χ0) is 25.1. The minimum atomic E-state index is -5.13. The second-order valence-corrected chi connectivity index (χ2v) is 7.50. The van der Waals surface area contributed by atoms with Crippen LogP contribution in [0.2, 0.25) is 5.02 Å². The number of alkyl halides is 9. The first-order valence-electron chi connectivity index (χ1n) is 9.17. The lowest BCUT2D eigenvalue weighted by Crippen LogP contribution is -2.11. The van der Waals surface area contributed by atoms with Gasteiger partial charge in [0.1, 0.15) is 11.3 Å². The molecule has 4 rings (SSSR count). The highest BCUT2D eigenvalue weighted by Gasteiger charge is 2.39. The van der Waals surface area contributed by atoms with Crippen LogP contribution >= 0.6 is 11.6 Å². The van der Waals surface area contributed by atoms with E-state index in [1.807, 2.05) is 0 Å². The zero-order valence-corrected chi connectivity index (χ0v) is 17.0. The Kier molecular flexibility index (Phi) is 5.54. The molecule has 0 unspecified atom stereocenters. The summed E-state index contributed by atoms with van der Waals surface area (Å²) in [5.74, 6) is -0.298. The molecule has 0 aliphatic heterocycles. The van der Waals surface area contributed by atoms with Crippen LogP contribution in [0.15, 0.2) is 48.7 Å². The van der Waals surface area contributed by atoms with Gasteiger partial charge in [-0.05, 0) is 36.4 Å². The van der Waals surface area contributed by atoms with Gasteiger partial charge in [-0.2, -0.15) is 39.5 Å². The fourth-order valence-corrected chi connectivity index (χ4v) is 3.61. The molecule has 1 N–H and O–H groups in total. The van der Waals surface area contributed by atoms with Gasteiger partial charge in [0.2, 0.25) is 0 Å². The Labute approximate surface area is 189 Å². The van der Waals surface area contributed by atoms with Crippen LogP contribution in [0.1, 0.15) is 16.7 Å². The van der Waals surface area contributed by atoms with Crippen molar-refractivity contribution < 1.29 is 39.5 Å². The molecule has 0 saturated carbocycles. The number of hydrogen-bond acceptors (Lipinski definition) is 2. The summed E-state index contributed by atoms with van der Waals surface area (Å²) in [5, 5.41) is -0.208. The molecule has 0 bridgehead atoms. The number of nitrogens with zero attached hydrogens (tertiary/aromatic N) is 2. The van der Waals surface area contributed by atoms with Gasteiger partial charge in [0.25, 0.3) is 0 Å². The summed E-state index contributed by atoms with van der Waals surface area (Å²) in [7, 11) is 0. The number of pyridine rings is 1. The van der Waals surface area contributed by atoms with E-state index < -0.39 is 51.9 Å². The van der Waals surface area contributed by atoms with Crippen LogP contribution in [0.4, 0.5) is 39.5 Å². The Morgan fingerprint density at radius 1 is 0.765 bits per heavy atom. The summed E-state index contributed by atoms with van der Waals surface area (Å²) < 4.78 is 119. The summed E-state index contributed by atoms with van der Waals surface area (Å²) in [5.41, 5.74) is -5.96. The highest BCUT2D eigenvalue weighted by Crippen LogP contribution is 2.41. The molecule has 0 atom stereocenters. The van der Waals surface area contributed by atoms with Crippen LogP contribution in [0.25, 0.3) is 33.7 Å². The first kappa shape index (κ1) is 23.9. The van der Waals surface area contributed by atoms with Crippen molar-refractivity contribution in [3.8, 4) is 22.6 Å². The van der Waals surface area contributed by atoms with Gasteiger partial charge in [-0.15, -0.1) is 0 Å². The molecule has 4 aromatic rings. The smallest absolute Gasteiger partial charge is 0.338 e. The third kappa shape index (κ3) is 4.41. The van der Waals surface area contributed by atoms with Crippen molar-refractivity contribution in [2.45, 2.75) is 18.5 Å². The number of aromatic nitrogens is 3. The van der Waals surface area contributed by atoms with Gasteiger partial charge < -0.3 is 4.98 Å². The Balaban J connectivity index is 1.85. The monoisotopic (exact) mass is 509 g/mol. The van der Waals surface area contributed by atoms with Crippen molar-refractivity contribution >= 4 is 22.6 Å². The maximum absolute atomic E-state index is 13.4. The van der Waals surface area contributed by atoms with Crippen molar-refractivity contribution in [1.29, 1.82) is 0 Å². The predicted octanol–water partition coefficient (Wildman–Crippen LogP) is 8.00. The normalized spacial score (nSPS) is 13.0. The van der Waals surface area contributed by atoms with Crippen LogP contribution in [0.5, 0.6) is 0 Å². The molecule has 0 aliphatic rings. The highest BCUT2D eigenvalue weighted by atomic mass is 35.5. The van der Waals surface area contributed by atoms with E-state index >= 15 is 0 Å². The molecule has 0 radical (unpaired) electrons. The topological polar surface area (TPSA) is 41.6 Å². The molecule has 13 heteroatoms. The van der Waals surface area contributed by atoms with Crippen molar-refractivity contribution in [1.82, 2.24) is 15.0 Å². The molecular weight excluding hydrogens is 501 g/mol. The van der Waals surface area contributed by atoms with E-state index in [1.54, 1.807) is 0 Å². The van der Waals surface area contributed by atoms with Crippen LogP contribution in [-0.4, -0.2) is 15.0 Å². The maximum Gasteiger partial charge on any atom is 0.418 e. The number of rotatable bonds is 2. The second-order valence-electron chi connectivity index (χ2n) is 7.09. The number of benzene rings is 2. The van der Waals surface area contributed by atoms with E-state index in [0.717, 1.165) is 24.4 Å². The molecular formula is C21H9ClF9N3. The Morgan fingerprint density at radius 3 is 2.03 bits per heavy atom. The van der Waals surface area contributed by atoms with E-state index in [2.05, 4.69) is 15.0 Å². The fraction of sp³-hybridized carbons (Fsp3) is 0.143. The first-order chi connectivity index (χ1) is 15.7. The third-order valence-electron chi connectivity index (χ3n) is 4.83. The number of imidazole rings is 1. The van der Waals surface area contributed by atoms with Crippen LogP contribution in [0, 0.1) is 0 Å². The molecule has 0 spiro atoms. The van der Waals surface area contributed by atoms with Gasteiger partial charge in [0.05, 0.1) is 32.9 Å². The maximum atomic E-state index is 13.4. The average molecular weight is 510 g/mol. The molecule has 0 amide bonds. The van der Waals surface area contributed by atoms with Gasteiger partial charge in [0.15, 0.2) is 0 Å². The van der Waals surface area contributed by atoms with Crippen molar-refractivity contribution in [3.63, 3.8) is 0 Å². The molecule has 3 nitrogen and oxygen atoms in total. The van der Waals surface area contributed by atoms with Gasteiger partial charge >= 0.3 is 18.5 Å². The summed E-state index contributed by atoms with van der Waals surface area (Å²) in [6.45, 7) is 0. The van der Waals surface area contributed by atoms with Gasteiger partial charge in [-0.3, -0.25) is 4.98 Å².